The van der Waals surface area contributed by atoms with Gasteiger partial charge in [-0.25, -0.2) is 0 Å². The zero-order valence-electron chi connectivity index (χ0n) is 10.7. The lowest BCUT2D eigenvalue weighted by molar-refractivity contribution is 0.146. The standard InChI is InChI=1S/C12H23N3O/c1-10(2)12(9-16-4)13-5-6-15-8-11(3)7-14-15/h7-8,10,12-13H,5-6,9H2,1-4H3. The number of ether oxygens (including phenoxy) is 1. The van der Waals surface area contributed by atoms with E-state index >= 15 is 0 Å². The molecule has 0 bridgehead atoms. The van der Waals surface area contributed by atoms with Crippen molar-refractivity contribution in [3.05, 3.63) is 18.0 Å². The molecule has 16 heavy (non-hydrogen) atoms. The highest BCUT2D eigenvalue weighted by Gasteiger charge is 2.11. The van der Waals surface area contributed by atoms with E-state index in [-0.39, 0.29) is 0 Å². The molecule has 1 N–H and O–H groups in total. The molecule has 0 aliphatic carbocycles. The second-order valence-electron chi connectivity index (χ2n) is 4.54. The number of methoxy groups -OCH3 is 1. The Hall–Kier alpha value is -0.870. The van der Waals surface area contributed by atoms with Crippen molar-refractivity contribution in [3.63, 3.8) is 0 Å². The summed E-state index contributed by atoms with van der Waals surface area (Å²) in [5.41, 5.74) is 1.21. The van der Waals surface area contributed by atoms with Crippen LogP contribution in [0, 0.1) is 12.8 Å². The van der Waals surface area contributed by atoms with Gasteiger partial charge < -0.3 is 10.1 Å². The molecule has 1 atom stereocenters. The van der Waals surface area contributed by atoms with Crippen LogP contribution in [0.15, 0.2) is 12.4 Å². The highest BCUT2D eigenvalue weighted by molar-refractivity contribution is 4.99. The molecule has 0 amide bonds. The Bertz CT molecular complexity index is 296. The predicted octanol–water partition coefficient (Wildman–Crippen LogP) is 1.45. The van der Waals surface area contributed by atoms with E-state index in [1.165, 1.54) is 5.56 Å². The Morgan fingerprint density at radius 3 is 2.75 bits per heavy atom. The van der Waals surface area contributed by atoms with Crippen molar-refractivity contribution in [2.24, 2.45) is 5.92 Å². The average Bonchev–Trinajstić information content (AvgIpc) is 2.63. The Morgan fingerprint density at radius 2 is 2.25 bits per heavy atom. The Morgan fingerprint density at radius 1 is 1.50 bits per heavy atom. The summed E-state index contributed by atoms with van der Waals surface area (Å²) in [6, 6.07) is 0.418. The third-order valence-electron chi connectivity index (χ3n) is 2.66. The van der Waals surface area contributed by atoms with Gasteiger partial charge in [0.1, 0.15) is 0 Å². The van der Waals surface area contributed by atoms with Crippen LogP contribution in [0.4, 0.5) is 0 Å². The summed E-state index contributed by atoms with van der Waals surface area (Å²) in [5, 5.41) is 7.74. The van der Waals surface area contributed by atoms with Crippen LogP contribution < -0.4 is 5.32 Å². The molecule has 0 aromatic carbocycles. The van der Waals surface area contributed by atoms with Gasteiger partial charge in [0.15, 0.2) is 0 Å². The van der Waals surface area contributed by atoms with E-state index in [1.54, 1.807) is 7.11 Å². The van der Waals surface area contributed by atoms with Gasteiger partial charge in [-0.05, 0) is 18.4 Å². The summed E-state index contributed by atoms with van der Waals surface area (Å²) >= 11 is 0. The van der Waals surface area contributed by atoms with Crippen molar-refractivity contribution < 1.29 is 4.74 Å². The summed E-state index contributed by atoms with van der Waals surface area (Å²) in [6.45, 7) is 9.05. The number of hydrogen-bond donors (Lipinski definition) is 1. The molecule has 0 radical (unpaired) electrons. The molecule has 0 fully saturated rings. The maximum Gasteiger partial charge on any atom is 0.0618 e. The van der Waals surface area contributed by atoms with Crippen LogP contribution in [0.3, 0.4) is 0 Å². The molecule has 0 saturated carbocycles. The third-order valence-corrected chi connectivity index (χ3v) is 2.66. The second kappa shape index (κ2) is 6.66. The summed E-state index contributed by atoms with van der Waals surface area (Å²) in [5.74, 6) is 0.583. The number of aryl methyl sites for hydroxylation is 1. The molecule has 1 aromatic heterocycles. The summed E-state index contributed by atoms with van der Waals surface area (Å²) < 4.78 is 7.15. The van der Waals surface area contributed by atoms with E-state index in [4.69, 9.17) is 4.74 Å². The number of aromatic nitrogens is 2. The van der Waals surface area contributed by atoms with Gasteiger partial charge in [0, 0.05) is 25.9 Å². The Kier molecular flexibility index (Phi) is 5.49. The summed E-state index contributed by atoms with van der Waals surface area (Å²) in [4.78, 5) is 0. The van der Waals surface area contributed by atoms with Gasteiger partial charge in [-0.1, -0.05) is 13.8 Å². The lowest BCUT2D eigenvalue weighted by Gasteiger charge is -2.21. The summed E-state index contributed by atoms with van der Waals surface area (Å²) in [6.07, 6.45) is 3.94. The van der Waals surface area contributed by atoms with Crippen LogP contribution in [0.2, 0.25) is 0 Å². The van der Waals surface area contributed by atoms with Crippen LogP contribution >= 0.6 is 0 Å². The first-order valence-corrected chi connectivity index (χ1v) is 5.85. The first-order chi connectivity index (χ1) is 7.63. The molecule has 0 aliphatic rings. The SMILES string of the molecule is COCC(NCCn1cc(C)cn1)C(C)C. The molecule has 1 unspecified atom stereocenters. The molecule has 0 aliphatic heterocycles. The van der Waals surface area contributed by atoms with Crippen molar-refractivity contribution in [3.8, 4) is 0 Å². The van der Waals surface area contributed by atoms with Gasteiger partial charge in [-0.3, -0.25) is 4.68 Å². The van der Waals surface area contributed by atoms with Crippen LogP contribution in [0.25, 0.3) is 0 Å². The predicted molar refractivity (Wildman–Crippen MR) is 65.5 cm³/mol. The second-order valence-corrected chi connectivity index (χ2v) is 4.54. The van der Waals surface area contributed by atoms with Crippen LogP contribution in [-0.4, -0.2) is 36.1 Å². The zero-order valence-corrected chi connectivity index (χ0v) is 10.7. The van der Waals surface area contributed by atoms with E-state index in [2.05, 4.69) is 37.4 Å². The van der Waals surface area contributed by atoms with Gasteiger partial charge in [-0.2, -0.15) is 5.10 Å². The molecular weight excluding hydrogens is 202 g/mol. The van der Waals surface area contributed by atoms with Gasteiger partial charge >= 0.3 is 0 Å². The number of rotatable bonds is 7. The number of nitrogens with one attached hydrogen (secondary N) is 1. The molecule has 1 aromatic rings. The fourth-order valence-corrected chi connectivity index (χ4v) is 1.62. The van der Waals surface area contributed by atoms with Crippen LogP contribution in [0.5, 0.6) is 0 Å². The van der Waals surface area contributed by atoms with Crippen molar-refractivity contribution in [2.45, 2.75) is 33.4 Å². The molecule has 1 heterocycles. The fraction of sp³-hybridized carbons (Fsp3) is 0.750. The van der Waals surface area contributed by atoms with Crippen molar-refractivity contribution in [1.82, 2.24) is 15.1 Å². The van der Waals surface area contributed by atoms with E-state index in [9.17, 15) is 0 Å². The quantitative estimate of drug-likeness (QED) is 0.763. The lowest BCUT2D eigenvalue weighted by Crippen LogP contribution is -2.39. The maximum absolute atomic E-state index is 5.19. The molecule has 1 rings (SSSR count). The van der Waals surface area contributed by atoms with Gasteiger partial charge in [0.05, 0.1) is 19.3 Å². The Labute approximate surface area is 98.0 Å². The normalized spacial score (nSPS) is 13.3. The van der Waals surface area contributed by atoms with Crippen molar-refractivity contribution >= 4 is 0 Å². The minimum Gasteiger partial charge on any atom is -0.383 e. The number of hydrogen-bond acceptors (Lipinski definition) is 3. The molecule has 92 valence electrons. The average molecular weight is 225 g/mol. The highest BCUT2D eigenvalue weighted by Crippen LogP contribution is 2.01. The Balaban J connectivity index is 2.27. The molecule has 4 nitrogen and oxygen atoms in total. The molecule has 0 saturated heterocycles. The minimum absolute atomic E-state index is 0.418. The maximum atomic E-state index is 5.19. The molecule has 0 spiro atoms. The van der Waals surface area contributed by atoms with Gasteiger partial charge in [0.25, 0.3) is 0 Å². The largest absolute Gasteiger partial charge is 0.383 e. The molecule has 4 heteroatoms. The van der Waals surface area contributed by atoms with E-state index < -0.39 is 0 Å². The summed E-state index contributed by atoms with van der Waals surface area (Å²) in [7, 11) is 1.74. The zero-order chi connectivity index (χ0) is 12.0. The van der Waals surface area contributed by atoms with Crippen molar-refractivity contribution in [2.75, 3.05) is 20.3 Å². The minimum atomic E-state index is 0.418. The molecular formula is C12H23N3O. The lowest BCUT2D eigenvalue weighted by atomic mass is 10.1. The number of nitrogens with zero attached hydrogens (tertiary/aromatic N) is 2. The van der Waals surface area contributed by atoms with Crippen molar-refractivity contribution in [1.29, 1.82) is 0 Å². The fourth-order valence-electron chi connectivity index (χ4n) is 1.62. The smallest absolute Gasteiger partial charge is 0.0618 e. The first kappa shape index (κ1) is 13.2. The third kappa shape index (κ3) is 4.33. The van der Waals surface area contributed by atoms with Gasteiger partial charge in [-0.15, -0.1) is 0 Å². The van der Waals surface area contributed by atoms with Gasteiger partial charge in [0.2, 0.25) is 0 Å². The first-order valence-electron chi connectivity index (χ1n) is 5.85. The highest BCUT2D eigenvalue weighted by atomic mass is 16.5. The van der Waals surface area contributed by atoms with Crippen LogP contribution in [-0.2, 0) is 11.3 Å². The van der Waals surface area contributed by atoms with E-state index in [0.717, 1.165) is 19.7 Å². The van der Waals surface area contributed by atoms with E-state index in [1.807, 2.05) is 10.9 Å². The topological polar surface area (TPSA) is 39.1 Å². The monoisotopic (exact) mass is 225 g/mol. The van der Waals surface area contributed by atoms with E-state index in [0.29, 0.717) is 12.0 Å². The van der Waals surface area contributed by atoms with Crippen LogP contribution in [0.1, 0.15) is 19.4 Å².